The Kier molecular flexibility index (Phi) is 5.90. The molecule has 0 amide bonds. The normalized spacial score (nSPS) is 26.4. The van der Waals surface area contributed by atoms with Crippen LogP contribution >= 0.6 is 11.8 Å². The van der Waals surface area contributed by atoms with Crippen LogP contribution in [-0.2, 0) is 0 Å². The summed E-state index contributed by atoms with van der Waals surface area (Å²) >= 11 is 1.96. The molecule has 0 aromatic heterocycles. The zero-order valence-corrected chi connectivity index (χ0v) is 10.6. The van der Waals surface area contributed by atoms with Crippen molar-refractivity contribution in [3.63, 3.8) is 0 Å². The van der Waals surface area contributed by atoms with Crippen LogP contribution < -0.4 is 5.32 Å². The average molecular weight is 216 g/mol. The van der Waals surface area contributed by atoms with Crippen molar-refractivity contribution >= 4 is 11.8 Å². The maximum atomic E-state index is 3.56. The minimum absolute atomic E-state index is 0.727. The highest BCUT2D eigenvalue weighted by Gasteiger charge is 2.18. The molecule has 0 saturated carbocycles. The fourth-order valence-corrected chi connectivity index (χ4v) is 2.79. The number of piperazine rings is 1. The SMILES string of the molecule is CCC1CN(CC(C)CSC)CCN1. The fraction of sp³-hybridized carbons (Fsp3) is 1.00. The van der Waals surface area contributed by atoms with E-state index in [1.807, 2.05) is 11.8 Å². The third-order valence-electron chi connectivity index (χ3n) is 2.85. The molecule has 2 atom stereocenters. The summed E-state index contributed by atoms with van der Waals surface area (Å²) in [6.45, 7) is 9.56. The van der Waals surface area contributed by atoms with Crippen LogP contribution in [0, 0.1) is 5.92 Å². The summed E-state index contributed by atoms with van der Waals surface area (Å²) in [5.74, 6) is 2.13. The van der Waals surface area contributed by atoms with E-state index < -0.39 is 0 Å². The second-order valence-electron chi connectivity index (χ2n) is 4.38. The number of hydrogen-bond donors (Lipinski definition) is 1. The van der Waals surface area contributed by atoms with Crippen LogP contribution in [0.4, 0.5) is 0 Å². The molecule has 1 rings (SSSR count). The Morgan fingerprint density at radius 2 is 2.36 bits per heavy atom. The smallest absolute Gasteiger partial charge is 0.0192 e. The lowest BCUT2D eigenvalue weighted by molar-refractivity contribution is 0.180. The molecule has 2 nitrogen and oxygen atoms in total. The first kappa shape index (κ1) is 12.3. The van der Waals surface area contributed by atoms with E-state index >= 15 is 0 Å². The molecule has 2 unspecified atom stereocenters. The lowest BCUT2D eigenvalue weighted by atomic mass is 10.1. The lowest BCUT2D eigenvalue weighted by Crippen LogP contribution is -2.51. The first-order chi connectivity index (χ1) is 6.76. The minimum atomic E-state index is 0.727. The molecule has 0 bridgehead atoms. The van der Waals surface area contributed by atoms with Crippen molar-refractivity contribution in [3.8, 4) is 0 Å². The average Bonchev–Trinajstić information content (AvgIpc) is 2.18. The maximum absolute atomic E-state index is 3.56. The zero-order chi connectivity index (χ0) is 10.4. The van der Waals surface area contributed by atoms with Crippen LogP contribution in [0.2, 0.25) is 0 Å². The van der Waals surface area contributed by atoms with E-state index in [0.717, 1.165) is 12.0 Å². The molecule has 1 aliphatic rings. The van der Waals surface area contributed by atoms with Crippen molar-refractivity contribution in [2.45, 2.75) is 26.3 Å². The van der Waals surface area contributed by atoms with Crippen LogP contribution in [0.5, 0.6) is 0 Å². The molecular formula is C11H24N2S. The van der Waals surface area contributed by atoms with Gasteiger partial charge in [0.25, 0.3) is 0 Å². The van der Waals surface area contributed by atoms with Gasteiger partial charge in [-0.1, -0.05) is 13.8 Å². The molecule has 1 aliphatic heterocycles. The Labute approximate surface area is 92.8 Å². The van der Waals surface area contributed by atoms with Gasteiger partial charge in [-0.2, -0.15) is 11.8 Å². The fourth-order valence-electron chi connectivity index (χ4n) is 2.11. The summed E-state index contributed by atoms with van der Waals surface area (Å²) in [5, 5.41) is 3.56. The van der Waals surface area contributed by atoms with E-state index in [1.165, 1.54) is 38.4 Å². The third-order valence-corrected chi connectivity index (χ3v) is 3.76. The van der Waals surface area contributed by atoms with Crippen molar-refractivity contribution in [1.82, 2.24) is 10.2 Å². The molecule has 0 spiro atoms. The largest absolute Gasteiger partial charge is 0.311 e. The number of hydrogen-bond acceptors (Lipinski definition) is 3. The molecule has 0 aromatic carbocycles. The van der Waals surface area contributed by atoms with Gasteiger partial charge in [0.2, 0.25) is 0 Å². The van der Waals surface area contributed by atoms with Crippen molar-refractivity contribution in [3.05, 3.63) is 0 Å². The highest BCUT2D eigenvalue weighted by Crippen LogP contribution is 2.09. The van der Waals surface area contributed by atoms with E-state index in [2.05, 4.69) is 30.3 Å². The Balaban J connectivity index is 2.22. The second-order valence-corrected chi connectivity index (χ2v) is 5.29. The van der Waals surface area contributed by atoms with Gasteiger partial charge in [0.1, 0.15) is 0 Å². The van der Waals surface area contributed by atoms with Crippen LogP contribution in [0.3, 0.4) is 0 Å². The topological polar surface area (TPSA) is 15.3 Å². The molecule has 14 heavy (non-hydrogen) atoms. The Bertz CT molecular complexity index is 152. The molecule has 0 aromatic rings. The molecular weight excluding hydrogens is 192 g/mol. The Morgan fingerprint density at radius 1 is 1.57 bits per heavy atom. The second kappa shape index (κ2) is 6.70. The third kappa shape index (κ3) is 4.20. The monoisotopic (exact) mass is 216 g/mol. The van der Waals surface area contributed by atoms with E-state index in [1.54, 1.807) is 0 Å². The number of thioether (sulfide) groups is 1. The van der Waals surface area contributed by atoms with Crippen molar-refractivity contribution in [2.24, 2.45) is 5.92 Å². The lowest BCUT2D eigenvalue weighted by Gasteiger charge is -2.34. The molecule has 1 fully saturated rings. The molecule has 1 N–H and O–H groups in total. The number of nitrogens with zero attached hydrogens (tertiary/aromatic N) is 1. The van der Waals surface area contributed by atoms with Gasteiger partial charge >= 0.3 is 0 Å². The van der Waals surface area contributed by atoms with Gasteiger partial charge in [0.05, 0.1) is 0 Å². The molecule has 0 radical (unpaired) electrons. The van der Waals surface area contributed by atoms with Crippen molar-refractivity contribution < 1.29 is 0 Å². The molecule has 1 heterocycles. The molecule has 0 aliphatic carbocycles. The predicted molar refractivity (Wildman–Crippen MR) is 66.1 cm³/mol. The zero-order valence-electron chi connectivity index (χ0n) is 9.75. The Morgan fingerprint density at radius 3 is 3.00 bits per heavy atom. The summed E-state index contributed by atoms with van der Waals surface area (Å²) in [7, 11) is 0. The van der Waals surface area contributed by atoms with E-state index in [4.69, 9.17) is 0 Å². The van der Waals surface area contributed by atoms with Crippen LogP contribution in [0.1, 0.15) is 20.3 Å². The highest BCUT2D eigenvalue weighted by atomic mass is 32.2. The molecule has 3 heteroatoms. The summed E-state index contributed by atoms with van der Waals surface area (Å²) in [5.41, 5.74) is 0. The number of nitrogens with one attached hydrogen (secondary N) is 1. The highest BCUT2D eigenvalue weighted by molar-refractivity contribution is 7.98. The molecule has 1 saturated heterocycles. The van der Waals surface area contributed by atoms with Crippen LogP contribution in [0.25, 0.3) is 0 Å². The quantitative estimate of drug-likeness (QED) is 0.752. The van der Waals surface area contributed by atoms with E-state index in [-0.39, 0.29) is 0 Å². The number of rotatable bonds is 5. The van der Waals surface area contributed by atoms with E-state index in [0.29, 0.717) is 0 Å². The maximum Gasteiger partial charge on any atom is 0.0192 e. The minimum Gasteiger partial charge on any atom is -0.311 e. The predicted octanol–water partition coefficient (Wildman–Crippen LogP) is 1.67. The van der Waals surface area contributed by atoms with Gasteiger partial charge < -0.3 is 10.2 Å². The summed E-state index contributed by atoms with van der Waals surface area (Å²) < 4.78 is 0. The van der Waals surface area contributed by atoms with E-state index in [9.17, 15) is 0 Å². The van der Waals surface area contributed by atoms with Gasteiger partial charge in [-0.3, -0.25) is 0 Å². The molecule has 84 valence electrons. The standard InChI is InChI=1S/C11H24N2S/c1-4-11-8-13(6-5-12-11)7-10(2)9-14-3/h10-12H,4-9H2,1-3H3. The first-order valence-corrected chi connectivity index (χ1v) is 7.10. The summed E-state index contributed by atoms with van der Waals surface area (Å²) in [6.07, 6.45) is 3.45. The van der Waals surface area contributed by atoms with Crippen molar-refractivity contribution in [1.29, 1.82) is 0 Å². The van der Waals surface area contributed by atoms with Gasteiger partial charge in [0, 0.05) is 32.2 Å². The van der Waals surface area contributed by atoms with Crippen LogP contribution in [-0.4, -0.2) is 49.1 Å². The van der Waals surface area contributed by atoms with Gasteiger partial charge in [-0.15, -0.1) is 0 Å². The summed E-state index contributed by atoms with van der Waals surface area (Å²) in [6, 6.07) is 0.727. The Hall–Kier alpha value is 0.270. The van der Waals surface area contributed by atoms with Gasteiger partial charge in [0.15, 0.2) is 0 Å². The first-order valence-electron chi connectivity index (χ1n) is 5.71. The van der Waals surface area contributed by atoms with Crippen molar-refractivity contribution in [2.75, 3.05) is 38.2 Å². The van der Waals surface area contributed by atoms with Gasteiger partial charge in [-0.25, -0.2) is 0 Å². The van der Waals surface area contributed by atoms with Crippen LogP contribution in [0.15, 0.2) is 0 Å². The van der Waals surface area contributed by atoms with Gasteiger partial charge in [-0.05, 0) is 24.3 Å². The summed E-state index contributed by atoms with van der Waals surface area (Å²) in [4.78, 5) is 2.62.